The van der Waals surface area contributed by atoms with Crippen molar-refractivity contribution in [1.29, 1.82) is 0 Å². The second-order valence-corrected chi connectivity index (χ2v) is 12.6. The van der Waals surface area contributed by atoms with Crippen LogP contribution in [0, 0.1) is 17.7 Å². The van der Waals surface area contributed by atoms with Gasteiger partial charge in [-0.1, -0.05) is 49.1 Å². The summed E-state index contributed by atoms with van der Waals surface area (Å²) in [6.45, 7) is 6.46. The summed E-state index contributed by atoms with van der Waals surface area (Å²) in [5.41, 5.74) is 2.17. The van der Waals surface area contributed by atoms with Crippen LogP contribution in [0.2, 0.25) is 0 Å². The zero-order valence-electron chi connectivity index (χ0n) is 24.7. The number of hydrogen-bond acceptors (Lipinski definition) is 7. The van der Waals surface area contributed by atoms with Crippen molar-refractivity contribution in [2.75, 3.05) is 37.7 Å². The Kier molecular flexibility index (Phi) is 6.69. The van der Waals surface area contributed by atoms with E-state index in [9.17, 15) is 0 Å². The first-order chi connectivity index (χ1) is 21.1. The van der Waals surface area contributed by atoms with Gasteiger partial charge in [-0.15, -0.1) is 0 Å². The summed E-state index contributed by atoms with van der Waals surface area (Å²) in [4.78, 5) is 19.3. The van der Waals surface area contributed by atoms with E-state index in [1.54, 1.807) is 6.20 Å². The summed E-state index contributed by atoms with van der Waals surface area (Å²) in [5, 5.41) is 6.23. The van der Waals surface area contributed by atoms with Crippen molar-refractivity contribution < 1.29 is 9.13 Å². The second kappa shape index (κ2) is 10.7. The third-order valence-corrected chi connectivity index (χ3v) is 10.0. The molecule has 4 saturated heterocycles. The third-order valence-electron chi connectivity index (χ3n) is 10.0. The van der Waals surface area contributed by atoms with Crippen molar-refractivity contribution in [3.63, 3.8) is 0 Å². The molecular weight excluding hydrogens is 539 g/mol. The minimum Gasteiger partial charge on any atom is -0.461 e. The number of nitrogens with one attached hydrogen (secondary N) is 1. The number of halogens is 1. The average molecular weight is 577 g/mol. The van der Waals surface area contributed by atoms with E-state index in [0.29, 0.717) is 29.6 Å². The Morgan fingerprint density at radius 2 is 1.81 bits per heavy atom. The Labute approximate surface area is 251 Å². The smallest absolute Gasteiger partial charge is 0.319 e. The Balaban J connectivity index is 1.26. The van der Waals surface area contributed by atoms with E-state index in [-0.39, 0.29) is 22.8 Å². The van der Waals surface area contributed by atoms with Crippen LogP contribution >= 0.6 is 0 Å². The van der Waals surface area contributed by atoms with E-state index in [1.807, 2.05) is 43.3 Å². The molecular formula is C35H37FN6O. The molecule has 2 aromatic heterocycles. The van der Waals surface area contributed by atoms with Gasteiger partial charge in [-0.05, 0) is 63.1 Å². The normalized spacial score (nSPS) is 22.6. The van der Waals surface area contributed by atoms with Gasteiger partial charge in [0.15, 0.2) is 5.82 Å². The molecule has 4 aliphatic rings. The number of piperazine rings is 1. The lowest BCUT2D eigenvalue weighted by Gasteiger charge is -2.34. The van der Waals surface area contributed by atoms with Crippen LogP contribution < -0.4 is 15.0 Å². The number of benzene rings is 2. The predicted molar refractivity (Wildman–Crippen MR) is 168 cm³/mol. The van der Waals surface area contributed by atoms with E-state index in [2.05, 4.69) is 27.0 Å². The Hall–Kier alpha value is -3.80. The van der Waals surface area contributed by atoms with Crippen molar-refractivity contribution in [1.82, 2.24) is 25.2 Å². The SMILES string of the molecule is CCC#Cc1cccc2cccc(-c3ncc4c(N5CC6CCC(C5)N6)nc(OCC56CCCN5CCC6)nc4c3F)c12. The predicted octanol–water partition coefficient (Wildman–Crippen LogP) is 5.69. The van der Waals surface area contributed by atoms with Gasteiger partial charge in [0.1, 0.15) is 23.6 Å². The molecule has 4 aromatic rings. The first-order valence-corrected chi connectivity index (χ1v) is 15.9. The molecule has 6 heterocycles. The monoisotopic (exact) mass is 576 g/mol. The van der Waals surface area contributed by atoms with Crippen LogP contribution in [0.5, 0.6) is 6.01 Å². The van der Waals surface area contributed by atoms with Crippen molar-refractivity contribution in [3.05, 3.63) is 54.0 Å². The summed E-state index contributed by atoms with van der Waals surface area (Å²) in [5.74, 6) is 6.73. The van der Waals surface area contributed by atoms with Crippen LogP contribution in [0.25, 0.3) is 32.9 Å². The second-order valence-electron chi connectivity index (χ2n) is 12.6. The highest BCUT2D eigenvalue weighted by molar-refractivity contribution is 6.02. The molecule has 2 aromatic carbocycles. The summed E-state index contributed by atoms with van der Waals surface area (Å²) >= 11 is 0. The molecule has 2 atom stereocenters. The fourth-order valence-electron chi connectivity index (χ4n) is 7.97. The quantitative estimate of drug-likeness (QED) is 0.306. The Morgan fingerprint density at radius 1 is 1.05 bits per heavy atom. The molecule has 2 bridgehead atoms. The van der Waals surface area contributed by atoms with E-state index in [1.165, 1.54) is 12.8 Å². The number of nitrogens with zero attached hydrogens (tertiary/aromatic N) is 5. The molecule has 1 N–H and O–H groups in total. The highest BCUT2D eigenvalue weighted by Gasteiger charge is 2.45. The van der Waals surface area contributed by atoms with Crippen molar-refractivity contribution in [3.8, 4) is 29.1 Å². The number of pyridine rings is 1. The summed E-state index contributed by atoms with van der Waals surface area (Å²) in [6, 6.07) is 13.0. The molecule has 220 valence electrons. The number of aromatic nitrogens is 3. The first-order valence-electron chi connectivity index (χ1n) is 15.9. The van der Waals surface area contributed by atoms with Gasteiger partial charge in [-0.3, -0.25) is 9.88 Å². The van der Waals surface area contributed by atoms with E-state index < -0.39 is 5.82 Å². The lowest BCUT2D eigenvalue weighted by molar-refractivity contribution is 0.108. The molecule has 4 aliphatic heterocycles. The van der Waals surface area contributed by atoms with Crippen LogP contribution in [0.4, 0.5) is 10.2 Å². The highest BCUT2D eigenvalue weighted by Crippen LogP contribution is 2.40. The maximum atomic E-state index is 16.8. The molecule has 0 aliphatic carbocycles. The van der Waals surface area contributed by atoms with Gasteiger partial charge >= 0.3 is 6.01 Å². The van der Waals surface area contributed by atoms with Crippen LogP contribution in [0.15, 0.2) is 42.6 Å². The lowest BCUT2D eigenvalue weighted by atomic mass is 9.95. The van der Waals surface area contributed by atoms with Crippen LogP contribution in [-0.4, -0.2) is 70.3 Å². The third kappa shape index (κ3) is 4.61. The Bertz CT molecular complexity index is 1750. The summed E-state index contributed by atoms with van der Waals surface area (Å²) in [6.07, 6.45) is 9.43. The average Bonchev–Trinajstić information content (AvgIpc) is 3.72. The zero-order chi connectivity index (χ0) is 29.0. The largest absolute Gasteiger partial charge is 0.461 e. The molecule has 0 spiro atoms. The van der Waals surface area contributed by atoms with Gasteiger partial charge < -0.3 is 15.0 Å². The molecule has 8 rings (SSSR count). The van der Waals surface area contributed by atoms with E-state index in [0.717, 1.165) is 80.4 Å². The molecule has 8 heteroatoms. The van der Waals surface area contributed by atoms with Gasteiger partial charge in [-0.2, -0.15) is 9.97 Å². The number of anilines is 1. The van der Waals surface area contributed by atoms with Gasteiger partial charge in [0.2, 0.25) is 0 Å². The lowest BCUT2D eigenvalue weighted by Crippen LogP contribution is -2.51. The molecule has 0 amide bonds. The summed E-state index contributed by atoms with van der Waals surface area (Å²) in [7, 11) is 0. The first kappa shape index (κ1) is 26.8. The standard InChI is InChI=1S/C35H37FN6O/c1-2-3-8-23-9-4-10-24-11-5-12-27(29(23)24)31-30(36)32-28(19-37-31)33(41-20-25-13-14-26(21-41)38-25)40-34(39-32)43-22-35-15-6-17-42(35)18-7-16-35/h4-5,9-12,19,25-26,38H,2,6-7,13-18,20-22H2,1H3. The fourth-order valence-corrected chi connectivity index (χ4v) is 7.97. The highest BCUT2D eigenvalue weighted by atomic mass is 19.1. The number of rotatable bonds is 5. The van der Waals surface area contributed by atoms with E-state index >= 15 is 4.39 Å². The molecule has 7 nitrogen and oxygen atoms in total. The van der Waals surface area contributed by atoms with Crippen molar-refractivity contribution >= 4 is 27.5 Å². The number of fused-ring (bicyclic) bond motifs is 5. The van der Waals surface area contributed by atoms with Crippen molar-refractivity contribution in [2.24, 2.45) is 0 Å². The molecule has 2 unspecified atom stereocenters. The van der Waals surface area contributed by atoms with Gasteiger partial charge in [0.05, 0.1) is 10.9 Å². The summed E-state index contributed by atoms with van der Waals surface area (Å²) < 4.78 is 23.3. The number of hydrogen-bond donors (Lipinski definition) is 1. The van der Waals surface area contributed by atoms with Crippen LogP contribution in [-0.2, 0) is 0 Å². The molecule has 4 fully saturated rings. The minimum atomic E-state index is -0.448. The topological polar surface area (TPSA) is 66.4 Å². The van der Waals surface area contributed by atoms with Crippen LogP contribution in [0.1, 0.15) is 57.4 Å². The van der Waals surface area contributed by atoms with Crippen LogP contribution in [0.3, 0.4) is 0 Å². The maximum Gasteiger partial charge on any atom is 0.319 e. The van der Waals surface area contributed by atoms with Gasteiger partial charge in [0, 0.05) is 54.3 Å². The van der Waals surface area contributed by atoms with Gasteiger partial charge in [0.25, 0.3) is 0 Å². The number of ether oxygens (including phenoxy) is 1. The molecule has 0 radical (unpaired) electrons. The van der Waals surface area contributed by atoms with Gasteiger partial charge in [-0.25, -0.2) is 4.39 Å². The van der Waals surface area contributed by atoms with Crippen molar-refractivity contribution in [2.45, 2.75) is 69.5 Å². The molecule has 0 saturated carbocycles. The fraction of sp³-hybridized carbons (Fsp3) is 0.457. The Morgan fingerprint density at radius 3 is 2.58 bits per heavy atom. The maximum absolute atomic E-state index is 16.8. The minimum absolute atomic E-state index is 0.0491. The zero-order valence-corrected chi connectivity index (χ0v) is 24.7. The van der Waals surface area contributed by atoms with E-state index in [4.69, 9.17) is 19.7 Å². The molecule has 43 heavy (non-hydrogen) atoms.